The monoisotopic (exact) mass is 252 g/mol. The van der Waals surface area contributed by atoms with E-state index >= 15 is 0 Å². The summed E-state index contributed by atoms with van der Waals surface area (Å²) in [5, 5.41) is 0. The summed E-state index contributed by atoms with van der Waals surface area (Å²) < 4.78 is 0. The van der Waals surface area contributed by atoms with Crippen LogP contribution in [0.25, 0.3) is 0 Å². The van der Waals surface area contributed by atoms with E-state index in [-0.39, 0.29) is 81.1 Å². The Morgan fingerprint density at radius 2 is 1.00 bits per heavy atom. The molecule has 4 heteroatoms. The molecule has 4 heavy (non-hydrogen) atoms. The SMILES string of the molecule is O.S.[Sm].[Ti]. The third kappa shape index (κ3) is 8.84. The summed E-state index contributed by atoms with van der Waals surface area (Å²) in [7, 11) is 0. The van der Waals surface area contributed by atoms with E-state index in [1.807, 2.05) is 0 Å². The summed E-state index contributed by atoms with van der Waals surface area (Å²) in [6, 6.07) is 0. The van der Waals surface area contributed by atoms with Crippen LogP contribution in [0.1, 0.15) is 0 Å². The minimum Gasteiger partial charge on any atom is -0.412 e. The molecule has 0 bridgehead atoms. The molecule has 0 aliphatic rings. The molecule has 0 aliphatic heterocycles. The van der Waals surface area contributed by atoms with Gasteiger partial charge in [0.2, 0.25) is 0 Å². The quantitative estimate of drug-likeness (QED) is 0.509. The second-order valence-electron chi connectivity index (χ2n) is 0. The molecule has 0 aliphatic carbocycles. The Morgan fingerprint density at radius 3 is 1.00 bits per heavy atom. The minimum atomic E-state index is 0. The molecule has 0 rings (SSSR count). The molecule has 0 fully saturated rings. The molecule has 0 heterocycles. The summed E-state index contributed by atoms with van der Waals surface area (Å²) in [4.78, 5) is 0. The Hall–Kier alpha value is 2.36. The average molecular weight is 250 g/mol. The van der Waals surface area contributed by atoms with Crippen molar-refractivity contribution in [3.8, 4) is 0 Å². The van der Waals surface area contributed by atoms with Crippen molar-refractivity contribution in [2.75, 3.05) is 0 Å². The van der Waals surface area contributed by atoms with E-state index < -0.39 is 0 Å². The normalized spacial score (nSPS) is 0. The number of rotatable bonds is 0. The van der Waals surface area contributed by atoms with E-state index in [0.29, 0.717) is 0 Å². The second-order valence-corrected chi connectivity index (χ2v) is 0. The molecule has 1 nitrogen and oxygen atoms in total. The minimum absolute atomic E-state index is 0. The van der Waals surface area contributed by atoms with Gasteiger partial charge in [0.05, 0.1) is 0 Å². The topological polar surface area (TPSA) is 31.5 Å². The Labute approximate surface area is 79.7 Å². The van der Waals surface area contributed by atoms with Gasteiger partial charge in [-0.25, -0.2) is 0 Å². The fourth-order valence-corrected chi connectivity index (χ4v) is 0. The van der Waals surface area contributed by atoms with E-state index in [9.17, 15) is 0 Å². The number of hydrogen-bond acceptors (Lipinski definition) is 0. The Balaban J connectivity index is 0. The molecular formula is H4OSSmTi. The molecule has 0 aromatic heterocycles. The zero-order chi connectivity index (χ0) is 0. The molecule has 26 valence electrons. The summed E-state index contributed by atoms with van der Waals surface area (Å²) in [5.74, 6) is 0. The molecule has 0 aromatic carbocycles. The van der Waals surface area contributed by atoms with Crippen LogP contribution in [0.5, 0.6) is 0 Å². The molecule has 0 amide bonds. The van der Waals surface area contributed by atoms with Gasteiger partial charge in [-0.15, -0.1) is 0 Å². The maximum absolute atomic E-state index is 0. The summed E-state index contributed by atoms with van der Waals surface area (Å²) in [6.07, 6.45) is 0. The molecule has 0 saturated carbocycles. The van der Waals surface area contributed by atoms with Gasteiger partial charge in [-0.3, -0.25) is 0 Å². The van der Waals surface area contributed by atoms with E-state index in [1.165, 1.54) is 0 Å². The van der Waals surface area contributed by atoms with Gasteiger partial charge >= 0.3 is 0 Å². The Bertz CT molecular complexity index is 8.00. The first kappa shape index (κ1) is 32.8. The van der Waals surface area contributed by atoms with Gasteiger partial charge in [0.1, 0.15) is 0 Å². The molecule has 0 saturated heterocycles. The van der Waals surface area contributed by atoms with Gasteiger partial charge in [0.25, 0.3) is 0 Å². The van der Waals surface area contributed by atoms with Crippen molar-refractivity contribution in [3.05, 3.63) is 0 Å². The van der Waals surface area contributed by atoms with Crippen LogP contribution in [-0.2, 0) is 21.7 Å². The molecular weight excluding hydrogens is 246 g/mol. The standard InChI is InChI=1S/H2O.H2S.Sm.Ti/h2*1H2;;. The molecule has 0 spiro atoms. The van der Waals surface area contributed by atoms with Crippen LogP contribution >= 0.6 is 13.5 Å². The molecule has 2 N–H and O–H groups in total. The van der Waals surface area contributed by atoms with E-state index in [0.717, 1.165) is 0 Å². The van der Waals surface area contributed by atoms with Crippen LogP contribution in [0.4, 0.5) is 0 Å². The van der Waals surface area contributed by atoms with E-state index in [2.05, 4.69) is 0 Å². The first-order chi connectivity index (χ1) is 0. The predicted molar refractivity (Wildman–Crippen MR) is 14.0 cm³/mol. The van der Waals surface area contributed by atoms with Gasteiger partial charge in [-0.05, 0) is 0 Å². The van der Waals surface area contributed by atoms with E-state index in [4.69, 9.17) is 0 Å². The predicted octanol–water partition coefficient (Wildman–Crippen LogP) is -0.714. The fraction of sp³-hybridized carbons (Fsp3) is 0. The third-order valence-corrected chi connectivity index (χ3v) is 0. The smallest absolute Gasteiger partial charge is 0 e. The molecule has 0 radical (unpaired) electrons. The van der Waals surface area contributed by atoms with Crippen LogP contribution < -0.4 is 0 Å². The fourth-order valence-electron chi connectivity index (χ4n) is 0. The maximum Gasteiger partial charge on any atom is 0 e. The number of hydrogen-bond donors (Lipinski definition) is 0. The van der Waals surface area contributed by atoms with Gasteiger partial charge in [0.15, 0.2) is 0 Å². The molecule has 0 aromatic rings. The maximum atomic E-state index is 0. The van der Waals surface area contributed by atoms with Crippen molar-refractivity contribution in [1.29, 1.82) is 0 Å². The van der Waals surface area contributed by atoms with Gasteiger partial charge in [-0.2, -0.15) is 13.5 Å². The van der Waals surface area contributed by atoms with Gasteiger partial charge in [-0.1, -0.05) is 0 Å². The average Bonchev–Trinajstić information content (AvgIpc) is 0. The van der Waals surface area contributed by atoms with Crippen molar-refractivity contribution in [3.63, 3.8) is 0 Å². The molecule has 0 unspecified atom stereocenters. The van der Waals surface area contributed by atoms with Gasteiger partial charge in [0, 0.05) is 62.1 Å². The largest absolute Gasteiger partial charge is 0.412 e. The Morgan fingerprint density at radius 1 is 1.00 bits per heavy atom. The van der Waals surface area contributed by atoms with Crippen molar-refractivity contribution >= 4 is 13.5 Å². The van der Waals surface area contributed by atoms with Crippen molar-refractivity contribution in [1.82, 2.24) is 0 Å². The van der Waals surface area contributed by atoms with Crippen molar-refractivity contribution in [2.45, 2.75) is 0 Å². The third-order valence-electron chi connectivity index (χ3n) is 0. The van der Waals surface area contributed by atoms with Crippen LogP contribution in [0.15, 0.2) is 0 Å². The van der Waals surface area contributed by atoms with Crippen LogP contribution in [0.3, 0.4) is 0 Å². The zero-order valence-corrected chi connectivity index (χ0v) is 7.09. The summed E-state index contributed by atoms with van der Waals surface area (Å²) >= 11 is 0. The zero-order valence-electron chi connectivity index (χ0n) is 1.91. The molecule has 0 atom stereocenters. The van der Waals surface area contributed by atoms with Gasteiger partial charge < -0.3 is 5.48 Å². The van der Waals surface area contributed by atoms with Crippen molar-refractivity contribution < 1.29 is 67.6 Å². The first-order valence-electron chi connectivity index (χ1n) is 0. The van der Waals surface area contributed by atoms with Crippen LogP contribution in [-0.4, -0.2) is 5.48 Å². The van der Waals surface area contributed by atoms with E-state index in [1.54, 1.807) is 0 Å². The second kappa shape index (κ2) is 18.3. The first-order valence-corrected chi connectivity index (χ1v) is 0. The summed E-state index contributed by atoms with van der Waals surface area (Å²) in [6.45, 7) is 0. The summed E-state index contributed by atoms with van der Waals surface area (Å²) in [5.41, 5.74) is 0. The van der Waals surface area contributed by atoms with Crippen molar-refractivity contribution in [2.24, 2.45) is 0 Å². The van der Waals surface area contributed by atoms with Crippen LogP contribution in [0.2, 0.25) is 0 Å². The Kier molecular flexibility index (Phi) is 150. The van der Waals surface area contributed by atoms with Crippen LogP contribution in [0, 0.1) is 40.4 Å².